The van der Waals surface area contributed by atoms with E-state index in [0.717, 1.165) is 58.1 Å². The van der Waals surface area contributed by atoms with Gasteiger partial charge in [0.2, 0.25) is 0 Å². The van der Waals surface area contributed by atoms with Crippen LogP contribution in [0.25, 0.3) is 32.4 Å². The number of anilines is 3. The summed E-state index contributed by atoms with van der Waals surface area (Å²) >= 11 is 1.81. The van der Waals surface area contributed by atoms with Crippen molar-refractivity contribution in [3.05, 3.63) is 65.9 Å². The van der Waals surface area contributed by atoms with Gasteiger partial charge >= 0.3 is 0 Å². The van der Waals surface area contributed by atoms with Crippen molar-refractivity contribution in [3.63, 3.8) is 0 Å². The van der Waals surface area contributed by atoms with Gasteiger partial charge < -0.3 is 10.2 Å². The van der Waals surface area contributed by atoms with E-state index in [9.17, 15) is 0 Å². The van der Waals surface area contributed by atoms with Gasteiger partial charge in [0.05, 0.1) is 26.4 Å². The Morgan fingerprint density at radius 1 is 0.912 bits per heavy atom. The highest BCUT2D eigenvalue weighted by Gasteiger charge is 2.27. The Morgan fingerprint density at radius 3 is 2.65 bits per heavy atom. The lowest BCUT2D eigenvalue weighted by atomic mass is 10.1. The summed E-state index contributed by atoms with van der Waals surface area (Å²) in [6.07, 6.45) is 8.78. The molecule has 7 rings (SSSR count). The van der Waals surface area contributed by atoms with E-state index in [4.69, 9.17) is 15.0 Å². The first-order valence-corrected chi connectivity index (χ1v) is 12.8. The van der Waals surface area contributed by atoms with E-state index in [1.54, 1.807) is 0 Å². The normalized spacial score (nSPS) is 15.9. The van der Waals surface area contributed by atoms with Gasteiger partial charge in [0.15, 0.2) is 0 Å². The molecule has 1 saturated carbocycles. The number of nitrogens with zero attached hydrogens (tertiary/aromatic N) is 5. The SMILES string of the molecule is c1cnc2cc(-c3ccc(N4CCCC4)nc3)nc(Nc3ccc4nc(C5CC5)sc4c3)c2c1. The van der Waals surface area contributed by atoms with Gasteiger partial charge in [-0.3, -0.25) is 4.98 Å². The highest BCUT2D eigenvalue weighted by molar-refractivity contribution is 7.18. The lowest BCUT2D eigenvalue weighted by Crippen LogP contribution is -2.18. The van der Waals surface area contributed by atoms with Crippen LogP contribution < -0.4 is 10.2 Å². The molecule has 0 bridgehead atoms. The standard InChI is InChI=1S/C27H24N6S/c1-2-13-33(12-1)25-10-7-18(16-29-25)22-15-23-20(4-3-11-28-23)26(31-22)30-19-8-9-21-24(14-19)34-27(32-21)17-5-6-17/h3-4,7-11,14-17H,1-2,5-6,12-13H2,(H,30,31). The second-order valence-electron chi connectivity index (χ2n) is 9.16. The zero-order valence-corrected chi connectivity index (χ0v) is 19.6. The number of pyridine rings is 3. The number of benzene rings is 1. The number of hydrogen-bond acceptors (Lipinski definition) is 7. The van der Waals surface area contributed by atoms with Crippen molar-refractivity contribution in [2.45, 2.75) is 31.6 Å². The average molecular weight is 465 g/mol. The lowest BCUT2D eigenvalue weighted by molar-refractivity contribution is 0.938. The first-order chi connectivity index (χ1) is 16.8. The summed E-state index contributed by atoms with van der Waals surface area (Å²) in [4.78, 5) is 21.5. The first kappa shape index (κ1) is 19.9. The van der Waals surface area contributed by atoms with E-state index in [1.807, 2.05) is 35.9 Å². The van der Waals surface area contributed by atoms with E-state index in [1.165, 1.54) is 35.4 Å². The smallest absolute Gasteiger partial charge is 0.140 e. The molecular weight excluding hydrogens is 440 g/mol. The predicted octanol–water partition coefficient (Wildman–Crippen LogP) is 6.52. The zero-order valence-electron chi connectivity index (χ0n) is 18.7. The molecule has 1 aliphatic heterocycles. The number of nitrogens with one attached hydrogen (secondary N) is 1. The number of thiazole rings is 1. The largest absolute Gasteiger partial charge is 0.357 e. The summed E-state index contributed by atoms with van der Waals surface area (Å²) in [6, 6.07) is 16.6. The van der Waals surface area contributed by atoms with E-state index in [2.05, 4.69) is 51.6 Å². The second-order valence-corrected chi connectivity index (χ2v) is 10.2. The molecule has 7 heteroatoms. The fourth-order valence-electron chi connectivity index (χ4n) is 4.65. The molecular formula is C27H24N6S. The monoisotopic (exact) mass is 464 g/mol. The molecule has 0 radical (unpaired) electrons. The van der Waals surface area contributed by atoms with Crippen LogP contribution in [0.5, 0.6) is 0 Å². The van der Waals surface area contributed by atoms with Gasteiger partial charge in [0.1, 0.15) is 11.6 Å². The van der Waals surface area contributed by atoms with Crippen LogP contribution in [0.2, 0.25) is 0 Å². The van der Waals surface area contributed by atoms with Crippen molar-refractivity contribution in [1.29, 1.82) is 0 Å². The van der Waals surface area contributed by atoms with E-state index < -0.39 is 0 Å². The van der Waals surface area contributed by atoms with Crippen LogP contribution in [-0.4, -0.2) is 33.0 Å². The molecule has 6 nitrogen and oxygen atoms in total. The predicted molar refractivity (Wildman–Crippen MR) is 139 cm³/mol. The molecule has 4 aromatic heterocycles. The van der Waals surface area contributed by atoms with E-state index in [0.29, 0.717) is 5.92 Å². The molecule has 1 N–H and O–H groups in total. The van der Waals surface area contributed by atoms with Gasteiger partial charge in [-0.05, 0) is 74.2 Å². The molecule has 0 atom stereocenters. The Bertz CT molecular complexity index is 1500. The quantitative estimate of drug-likeness (QED) is 0.319. The van der Waals surface area contributed by atoms with Crippen LogP contribution in [-0.2, 0) is 0 Å². The molecule has 34 heavy (non-hydrogen) atoms. The maximum Gasteiger partial charge on any atom is 0.140 e. The molecule has 0 unspecified atom stereocenters. The van der Waals surface area contributed by atoms with Gasteiger partial charge in [-0.25, -0.2) is 15.0 Å². The average Bonchev–Trinajstić information content (AvgIpc) is 3.41. The number of fused-ring (bicyclic) bond motifs is 2. The van der Waals surface area contributed by atoms with Crippen molar-refractivity contribution in [2.75, 3.05) is 23.3 Å². The zero-order chi connectivity index (χ0) is 22.5. The molecule has 168 valence electrons. The lowest BCUT2D eigenvalue weighted by Gasteiger charge is -2.16. The summed E-state index contributed by atoms with van der Waals surface area (Å²) < 4.78 is 1.21. The minimum absolute atomic E-state index is 0.674. The Labute approximate surface area is 201 Å². The van der Waals surface area contributed by atoms with Crippen molar-refractivity contribution in [2.24, 2.45) is 0 Å². The summed E-state index contributed by atoms with van der Waals surface area (Å²) in [7, 11) is 0. The van der Waals surface area contributed by atoms with Crippen molar-refractivity contribution < 1.29 is 0 Å². The minimum Gasteiger partial charge on any atom is -0.357 e. The summed E-state index contributed by atoms with van der Waals surface area (Å²) in [6.45, 7) is 2.18. The Hall–Kier alpha value is -3.58. The van der Waals surface area contributed by atoms with Crippen molar-refractivity contribution >= 4 is 49.8 Å². The maximum atomic E-state index is 5.00. The van der Waals surface area contributed by atoms with Crippen LogP contribution in [0.4, 0.5) is 17.3 Å². The van der Waals surface area contributed by atoms with E-state index >= 15 is 0 Å². The summed E-state index contributed by atoms with van der Waals surface area (Å²) in [5.74, 6) is 2.52. The van der Waals surface area contributed by atoms with Gasteiger partial charge in [0.25, 0.3) is 0 Å². The molecule has 5 aromatic rings. The van der Waals surface area contributed by atoms with E-state index in [-0.39, 0.29) is 0 Å². The molecule has 1 saturated heterocycles. The summed E-state index contributed by atoms with van der Waals surface area (Å²) in [5, 5.41) is 5.83. The number of hydrogen-bond donors (Lipinski definition) is 1. The third-order valence-electron chi connectivity index (χ3n) is 6.67. The van der Waals surface area contributed by atoms with Crippen molar-refractivity contribution in [1.82, 2.24) is 19.9 Å². The molecule has 2 aliphatic rings. The maximum absolute atomic E-state index is 5.00. The molecule has 1 aliphatic carbocycles. The van der Waals surface area contributed by atoms with Gasteiger partial charge in [0, 0.05) is 48.0 Å². The third-order valence-corrected chi connectivity index (χ3v) is 7.85. The fourth-order valence-corrected chi connectivity index (χ4v) is 5.83. The highest BCUT2D eigenvalue weighted by atomic mass is 32.1. The number of rotatable bonds is 5. The molecule has 0 spiro atoms. The minimum atomic E-state index is 0.674. The Balaban J connectivity index is 1.25. The first-order valence-electron chi connectivity index (χ1n) is 11.9. The van der Waals surface area contributed by atoms with Gasteiger partial charge in [-0.15, -0.1) is 11.3 Å². The van der Waals surface area contributed by atoms with Crippen LogP contribution in [0, 0.1) is 0 Å². The van der Waals surface area contributed by atoms with Crippen LogP contribution in [0.15, 0.2) is 60.9 Å². The summed E-state index contributed by atoms with van der Waals surface area (Å²) in [5.41, 5.74) is 4.86. The Kier molecular flexibility index (Phi) is 4.68. The fraction of sp³-hybridized carbons (Fsp3) is 0.259. The van der Waals surface area contributed by atoms with Crippen LogP contribution in [0.1, 0.15) is 36.6 Å². The van der Waals surface area contributed by atoms with Gasteiger partial charge in [-0.2, -0.15) is 0 Å². The van der Waals surface area contributed by atoms with Gasteiger partial charge in [-0.1, -0.05) is 0 Å². The van der Waals surface area contributed by atoms with Crippen LogP contribution >= 0.6 is 11.3 Å². The Morgan fingerprint density at radius 2 is 1.82 bits per heavy atom. The van der Waals surface area contributed by atoms with Crippen molar-refractivity contribution in [3.8, 4) is 11.3 Å². The second kappa shape index (κ2) is 8.02. The molecule has 5 heterocycles. The topological polar surface area (TPSA) is 66.8 Å². The molecule has 2 fully saturated rings. The number of aromatic nitrogens is 4. The highest BCUT2D eigenvalue weighted by Crippen LogP contribution is 2.43. The third kappa shape index (κ3) is 3.66. The van der Waals surface area contributed by atoms with Crippen LogP contribution in [0.3, 0.4) is 0 Å². The molecule has 0 amide bonds. The molecule has 1 aromatic carbocycles.